The van der Waals surface area contributed by atoms with Gasteiger partial charge in [-0.25, -0.2) is 4.98 Å². The van der Waals surface area contributed by atoms with Crippen LogP contribution in [0, 0.1) is 0 Å². The molecule has 17 heavy (non-hydrogen) atoms. The zero-order chi connectivity index (χ0) is 12.7. The molecule has 1 rings (SSSR count). The Morgan fingerprint density at radius 1 is 1.53 bits per heavy atom. The summed E-state index contributed by atoms with van der Waals surface area (Å²) in [5.74, 6) is 0. The highest BCUT2D eigenvalue weighted by molar-refractivity contribution is 5.04. The van der Waals surface area contributed by atoms with Crippen molar-refractivity contribution in [1.29, 1.82) is 0 Å². The Morgan fingerprint density at radius 3 is 2.94 bits per heavy atom. The summed E-state index contributed by atoms with van der Waals surface area (Å²) in [5, 5.41) is 0. The van der Waals surface area contributed by atoms with E-state index < -0.39 is 0 Å². The zero-order valence-electron chi connectivity index (χ0n) is 11.1. The van der Waals surface area contributed by atoms with Gasteiger partial charge in [-0.1, -0.05) is 6.92 Å². The highest BCUT2D eigenvalue weighted by Gasteiger charge is 2.09. The summed E-state index contributed by atoms with van der Waals surface area (Å²) >= 11 is 0. The van der Waals surface area contributed by atoms with Crippen molar-refractivity contribution in [3.63, 3.8) is 0 Å². The summed E-state index contributed by atoms with van der Waals surface area (Å²) in [7, 11) is 3.82. The van der Waals surface area contributed by atoms with Gasteiger partial charge in [-0.3, -0.25) is 0 Å². The molecule has 1 aromatic rings. The molecule has 0 aliphatic rings. The first-order chi connectivity index (χ1) is 8.19. The van der Waals surface area contributed by atoms with Crippen LogP contribution in [0.3, 0.4) is 0 Å². The average Bonchev–Trinajstić information content (AvgIpc) is 2.81. The summed E-state index contributed by atoms with van der Waals surface area (Å²) in [6.45, 7) is 5.70. The molecule has 0 aromatic carbocycles. The van der Waals surface area contributed by atoms with Gasteiger partial charge in [0.15, 0.2) is 0 Å². The fourth-order valence-corrected chi connectivity index (χ4v) is 1.67. The minimum Gasteiger partial charge on any atom is -0.383 e. The summed E-state index contributed by atoms with van der Waals surface area (Å²) < 4.78 is 7.18. The SMILES string of the molecule is CC[C@@H](N)c1cncn1CCN(C)CCOC. The number of aromatic nitrogens is 2. The first-order valence-electron chi connectivity index (χ1n) is 6.12. The molecule has 0 radical (unpaired) electrons. The molecule has 5 heteroatoms. The number of methoxy groups -OCH3 is 1. The van der Waals surface area contributed by atoms with Crippen molar-refractivity contribution in [3.05, 3.63) is 18.2 Å². The molecule has 5 nitrogen and oxygen atoms in total. The van der Waals surface area contributed by atoms with Crippen molar-refractivity contribution in [3.8, 4) is 0 Å². The number of ether oxygens (including phenoxy) is 1. The van der Waals surface area contributed by atoms with E-state index in [9.17, 15) is 0 Å². The lowest BCUT2D eigenvalue weighted by atomic mass is 10.2. The van der Waals surface area contributed by atoms with Gasteiger partial charge in [-0.05, 0) is 13.5 Å². The third-order valence-corrected chi connectivity index (χ3v) is 2.96. The maximum absolute atomic E-state index is 6.03. The minimum absolute atomic E-state index is 0.0850. The normalized spacial score (nSPS) is 13.2. The summed E-state index contributed by atoms with van der Waals surface area (Å²) in [6.07, 6.45) is 4.66. The molecule has 1 aromatic heterocycles. The van der Waals surface area contributed by atoms with Crippen LogP contribution in [0.1, 0.15) is 25.1 Å². The topological polar surface area (TPSA) is 56.3 Å². The number of nitrogens with zero attached hydrogens (tertiary/aromatic N) is 3. The van der Waals surface area contributed by atoms with E-state index in [-0.39, 0.29) is 6.04 Å². The summed E-state index contributed by atoms with van der Waals surface area (Å²) in [5.41, 5.74) is 7.15. The van der Waals surface area contributed by atoms with E-state index >= 15 is 0 Å². The Balaban J connectivity index is 2.43. The Morgan fingerprint density at radius 2 is 2.29 bits per heavy atom. The van der Waals surface area contributed by atoms with Gasteiger partial charge in [-0.15, -0.1) is 0 Å². The second kappa shape index (κ2) is 7.42. The molecule has 0 saturated heterocycles. The lowest BCUT2D eigenvalue weighted by molar-refractivity contribution is 0.159. The molecule has 0 amide bonds. The van der Waals surface area contributed by atoms with Crippen molar-refractivity contribution in [2.75, 3.05) is 33.9 Å². The molecule has 0 aliphatic carbocycles. The first-order valence-corrected chi connectivity index (χ1v) is 6.12. The van der Waals surface area contributed by atoms with Crippen molar-refractivity contribution in [1.82, 2.24) is 14.5 Å². The van der Waals surface area contributed by atoms with Crippen LogP contribution in [-0.2, 0) is 11.3 Å². The maximum Gasteiger partial charge on any atom is 0.0949 e. The van der Waals surface area contributed by atoms with Crippen LogP contribution >= 0.6 is 0 Å². The lowest BCUT2D eigenvalue weighted by Gasteiger charge is -2.18. The fourth-order valence-electron chi connectivity index (χ4n) is 1.67. The third kappa shape index (κ3) is 4.46. The maximum atomic E-state index is 6.03. The van der Waals surface area contributed by atoms with Crippen LogP contribution in [0.2, 0.25) is 0 Å². The molecule has 1 atom stereocenters. The van der Waals surface area contributed by atoms with Crippen LogP contribution in [0.5, 0.6) is 0 Å². The van der Waals surface area contributed by atoms with E-state index in [0.717, 1.165) is 38.4 Å². The number of nitrogens with two attached hydrogens (primary N) is 1. The van der Waals surface area contributed by atoms with Gasteiger partial charge < -0.3 is 19.9 Å². The van der Waals surface area contributed by atoms with Crippen LogP contribution in [0.25, 0.3) is 0 Å². The molecular weight excluding hydrogens is 216 g/mol. The van der Waals surface area contributed by atoms with E-state index in [2.05, 4.69) is 28.4 Å². The Labute approximate surface area is 104 Å². The molecule has 0 fully saturated rings. The van der Waals surface area contributed by atoms with Crippen molar-refractivity contribution in [2.45, 2.75) is 25.9 Å². The van der Waals surface area contributed by atoms with Crippen molar-refractivity contribution < 1.29 is 4.74 Å². The number of likely N-dealkylation sites (N-methyl/N-ethyl adjacent to an activating group) is 1. The van der Waals surface area contributed by atoms with Crippen molar-refractivity contribution >= 4 is 0 Å². The zero-order valence-corrected chi connectivity index (χ0v) is 11.1. The largest absolute Gasteiger partial charge is 0.383 e. The summed E-state index contributed by atoms with van der Waals surface area (Å²) in [4.78, 5) is 6.41. The third-order valence-electron chi connectivity index (χ3n) is 2.96. The highest BCUT2D eigenvalue weighted by Crippen LogP contribution is 2.12. The van der Waals surface area contributed by atoms with Crippen LogP contribution in [0.4, 0.5) is 0 Å². The second-order valence-corrected chi connectivity index (χ2v) is 4.32. The summed E-state index contributed by atoms with van der Waals surface area (Å²) in [6, 6.07) is 0.0850. The fraction of sp³-hybridized carbons (Fsp3) is 0.750. The molecule has 0 saturated carbocycles. The Bertz CT molecular complexity index is 313. The number of hydrogen-bond donors (Lipinski definition) is 1. The molecule has 98 valence electrons. The van der Waals surface area contributed by atoms with Crippen LogP contribution in [-0.4, -0.2) is 48.3 Å². The first kappa shape index (κ1) is 14.2. The molecule has 0 unspecified atom stereocenters. The minimum atomic E-state index is 0.0850. The standard InChI is InChI=1S/C12H24N4O/c1-4-11(13)12-9-14-10-16(12)6-5-15(2)7-8-17-3/h9-11H,4-8,13H2,1-3H3/t11-/m1/s1. The number of rotatable bonds is 8. The van der Waals surface area contributed by atoms with Crippen LogP contribution in [0.15, 0.2) is 12.5 Å². The van der Waals surface area contributed by atoms with E-state index in [1.807, 2.05) is 12.5 Å². The monoisotopic (exact) mass is 240 g/mol. The molecule has 0 bridgehead atoms. The van der Waals surface area contributed by atoms with Crippen molar-refractivity contribution in [2.24, 2.45) is 5.73 Å². The van der Waals surface area contributed by atoms with Gasteiger partial charge in [-0.2, -0.15) is 0 Å². The molecule has 0 spiro atoms. The average molecular weight is 240 g/mol. The molecule has 1 heterocycles. The van der Waals surface area contributed by atoms with Gasteiger partial charge in [0, 0.05) is 39.0 Å². The smallest absolute Gasteiger partial charge is 0.0949 e. The van der Waals surface area contributed by atoms with E-state index in [1.54, 1.807) is 7.11 Å². The van der Waals surface area contributed by atoms with Gasteiger partial charge in [0.25, 0.3) is 0 Å². The predicted molar refractivity (Wildman–Crippen MR) is 68.8 cm³/mol. The quantitative estimate of drug-likeness (QED) is 0.732. The number of hydrogen-bond acceptors (Lipinski definition) is 4. The second-order valence-electron chi connectivity index (χ2n) is 4.32. The van der Waals surface area contributed by atoms with Crippen LogP contribution < -0.4 is 5.73 Å². The Hall–Kier alpha value is -0.910. The van der Waals surface area contributed by atoms with E-state index in [0.29, 0.717) is 0 Å². The number of imidazole rings is 1. The lowest BCUT2D eigenvalue weighted by Crippen LogP contribution is -2.27. The highest BCUT2D eigenvalue weighted by atomic mass is 16.5. The Kier molecular flexibility index (Phi) is 6.18. The van der Waals surface area contributed by atoms with Gasteiger partial charge in [0.2, 0.25) is 0 Å². The van der Waals surface area contributed by atoms with Gasteiger partial charge >= 0.3 is 0 Å². The molecular formula is C12H24N4O. The van der Waals surface area contributed by atoms with Gasteiger partial charge in [0.1, 0.15) is 0 Å². The predicted octanol–water partition coefficient (Wildman–Crippen LogP) is 0.871. The van der Waals surface area contributed by atoms with E-state index in [1.165, 1.54) is 0 Å². The van der Waals surface area contributed by atoms with E-state index in [4.69, 9.17) is 10.5 Å². The van der Waals surface area contributed by atoms with Gasteiger partial charge in [0.05, 0.1) is 18.6 Å². The molecule has 2 N–H and O–H groups in total. The molecule has 0 aliphatic heterocycles.